The van der Waals surface area contributed by atoms with Crippen molar-refractivity contribution in [1.29, 1.82) is 0 Å². The molecule has 0 bridgehead atoms. The predicted molar refractivity (Wildman–Crippen MR) is 111 cm³/mol. The van der Waals surface area contributed by atoms with Gasteiger partial charge in [0.1, 0.15) is 0 Å². The zero-order chi connectivity index (χ0) is 20.4. The van der Waals surface area contributed by atoms with Crippen molar-refractivity contribution < 1.29 is 24.2 Å². The summed E-state index contributed by atoms with van der Waals surface area (Å²) < 4.78 is 5.48. The highest BCUT2D eigenvalue weighted by atomic mass is 79.9. The molecule has 0 saturated carbocycles. The quantitative estimate of drug-likeness (QED) is 0.524. The van der Waals surface area contributed by atoms with Gasteiger partial charge >= 0.3 is 0 Å². The van der Waals surface area contributed by atoms with Crippen molar-refractivity contribution >= 4 is 50.7 Å². The van der Waals surface area contributed by atoms with Crippen LogP contribution in [0.3, 0.4) is 0 Å². The van der Waals surface area contributed by atoms with Gasteiger partial charge in [-0.25, -0.2) is 0 Å². The smallest absolute Gasteiger partial charge is 0.293 e. The molecule has 0 atom stereocenters. The molecular weight excluding hydrogens is 446 g/mol. The predicted octanol–water partition coefficient (Wildman–Crippen LogP) is 4.39. The first-order valence-corrected chi connectivity index (χ1v) is 9.83. The van der Waals surface area contributed by atoms with Gasteiger partial charge in [-0.3, -0.25) is 19.3 Å². The second-order valence-corrected chi connectivity index (χ2v) is 7.96. The molecule has 144 valence electrons. The Balaban J connectivity index is 1.81. The van der Waals surface area contributed by atoms with E-state index in [1.807, 2.05) is 6.92 Å². The topological polar surface area (TPSA) is 83.9 Å². The second kappa shape index (κ2) is 8.20. The van der Waals surface area contributed by atoms with E-state index in [0.717, 1.165) is 22.2 Å². The largest absolute Gasteiger partial charge is 0.503 e. The van der Waals surface area contributed by atoms with E-state index >= 15 is 0 Å². The van der Waals surface area contributed by atoms with Crippen molar-refractivity contribution in [1.82, 2.24) is 4.90 Å². The van der Waals surface area contributed by atoms with Crippen molar-refractivity contribution in [3.8, 4) is 11.5 Å². The lowest BCUT2D eigenvalue weighted by Crippen LogP contribution is -2.33. The summed E-state index contributed by atoms with van der Waals surface area (Å²) in [6, 6.07) is 10.1. The number of carbonyl (C=O) groups excluding carboxylic acids is 3. The summed E-state index contributed by atoms with van der Waals surface area (Å²) in [6.07, 6.45) is 1.52. The fourth-order valence-corrected chi connectivity index (χ4v) is 3.89. The summed E-state index contributed by atoms with van der Waals surface area (Å²) in [6.45, 7) is 1.60. The van der Waals surface area contributed by atoms with Gasteiger partial charge in [-0.2, -0.15) is 0 Å². The van der Waals surface area contributed by atoms with Crippen LogP contribution in [0.4, 0.5) is 4.79 Å². The van der Waals surface area contributed by atoms with Crippen LogP contribution in [-0.2, 0) is 4.79 Å². The van der Waals surface area contributed by atoms with E-state index < -0.39 is 11.1 Å². The number of imide groups is 1. The van der Waals surface area contributed by atoms with E-state index in [4.69, 9.17) is 4.74 Å². The number of phenols is 1. The number of halogens is 1. The van der Waals surface area contributed by atoms with Crippen LogP contribution in [0.2, 0.25) is 0 Å². The standard InChI is InChI=1S/C20H16BrNO5S/c1-11-3-5-13(6-4-11)15(23)10-22-19(25)17(28-20(22)26)9-12-7-14(21)18(24)16(8-12)27-2/h3-9,24H,10H2,1-2H3/b17-9-. The highest BCUT2D eigenvalue weighted by Crippen LogP contribution is 2.38. The first-order chi connectivity index (χ1) is 13.3. The van der Waals surface area contributed by atoms with E-state index in [9.17, 15) is 19.5 Å². The number of aryl methyl sites for hydroxylation is 1. The average Bonchev–Trinajstić information content (AvgIpc) is 2.92. The third-order valence-corrected chi connectivity index (χ3v) is 5.63. The molecule has 28 heavy (non-hydrogen) atoms. The fourth-order valence-electron chi connectivity index (χ4n) is 2.59. The summed E-state index contributed by atoms with van der Waals surface area (Å²) >= 11 is 3.98. The molecule has 3 rings (SSSR count). The average molecular weight is 462 g/mol. The second-order valence-electron chi connectivity index (χ2n) is 6.11. The Morgan fingerprint density at radius 2 is 1.93 bits per heavy atom. The first kappa shape index (κ1) is 20.2. The van der Waals surface area contributed by atoms with Crippen LogP contribution in [0.5, 0.6) is 11.5 Å². The minimum Gasteiger partial charge on any atom is -0.503 e. The Bertz CT molecular complexity index is 1000. The number of ketones is 1. The van der Waals surface area contributed by atoms with Crippen LogP contribution >= 0.6 is 27.7 Å². The van der Waals surface area contributed by atoms with Crippen molar-refractivity contribution in [2.24, 2.45) is 0 Å². The molecule has 6 nitrogen and oxygen atoms in total. The molecule has 2 aromatic carbocycles. The molecule has 1 saturated heterocycles. The number of Topliss-reactive ketones (excluding diaryl/α,β-unsaturated/α-hetero) is 1. The maximum Gasteiger partial charge on any atom is 0.293 e. The minimum absolute atomic E-state index is 0.0588. The molecule has 8 heteroatoms. The van der Waals surface area contributed by atoms with Crippen molar-refractivity contribution in [3.05, 3.63) is 62.5 Å². The molecule has 1 fully saturated rings. The highest BCUT2D eigenvalue weighted by molar-refractivity contribution is 9.10. The minimum atomic E-state index is -0.529. The SMILES string of the molecule is COc1cc(/C=C2\SC(=O)N(CC(=O)c3ccc(C)cc3)C2=O)cc(Br)c1O. The third kappa shape index (κ3) is 4.13. The monoisotopic (exact) mass is 461 g/mol. The van der Waals surface area contributed by atoms with Gasteiger partial charge < -0.3 is 9.84 Å². The molecule has 0 radical (unpaired) electrons. The number of methoxy groups -OCH3 is 1. The lowest BCUT2D eigenvalue weighted by molar-refractivity contribution is -0.122. The van der Waals surface area contributed by atoms with Gasteiger partial charge in [-0.15, -0.1) is 0 Å². The molecular formula is C20H16BrNO5S. The van der Waals surface area contributed by atoms with Crippen LogP contribution in [0.25, 0.3) is 6.08 Å². The van der Waals surface area contributed by atoms with E-state index in [1.54, 1.807) is 36.4 Å². The van der Waals surface area contributed by atoms with E-state index in [1.165, 1.54) is 13.2 Å². The van der Waals surface area contributed by atoms with Crippen LogP contribution < -0.4 is 4.74 Å². The summed E-state index contributed by atoms with van der Waals surface area (Å²) in [5, 5.41) is 9.38. The van der Waals surface area contributed by atoms with E-state index in [2.05, 4.69) is 15.9 Å². The molecule has 1 aliphatic rings. The molecule has 0 spiro atoms. The number of hydrogen-bond donors (Lipinski definition) is 1. The number of carbonyl (C=O) groups is 3. The van der Waals surface area contributed by atoms with Gasteiger partial charge in [-0.1, -0.05) is 29.8 Å². The fraction of sp³-hybridized carbons (Fsp3) is 0.150. The number of phenolic OH excluding ortho intramolecular Hbond substituents is 1. The Morgan fingerprint density at radius 1 is 1.25 bits per heavy atom. The number of ether oxygens (including phenoxy) is 1. The molecule has 0 aromatic heterocycles. The maximum atomic E-state index is 12.6. The zero-order valence-corrected chi connectivity index (χ0v) is 17.5. The number of thioether (sulfide) groups is 1. The molecule has 1 N–H and O–H groups in total. The summed E-state index contributed by atoms with van der Waals surface area (Å²) in [5.74, 6) is -0.665. The lowest BCUT2D eigenvalue weighted by Gasteiger charge is -2.11. The Hall–Kier alpha value is -2.58. The molecule has 1 heterocycles. The van der Waals surface area contributed by atoms with Gasteiger partial charge in [0.25, 0.3) is 11.1 Å². The Kier molecular flexibility index (Phi) is 5.90. The lowest BCUT2D eigenvalue weighted by atomic mass is 10.1. The normalized spacial score (nSPS) is 15.4. The van der Waals surface area contributed by atoms with Crippen LogP contribution in [0.1, 0.15) is 21.5 Å². The van der Waals surface area contributed by atoms with Crippen LogP contribution in [0.15, 0.2) is 45.8 Å². The number of benzene rings is 2. The van der Waals surface area contributed by atoms with Gasteiger partial charge in [0, 0.05) is 5.56 Å². The molecule has 2 amide bonds. The van der Waals surface area contributed by atoms with Gasteiger partial charge in [0.2, 0.25) is 0 Å². The van der Waals surface area contributed by atoms with Crippen LogP contribution in [-0.4, -0.2) is 40.6 Å². The summed E-state index contributed by atoms with van der Waals surface area (Å²) in [5.41, 5.74) is 2.03. The van der Waals surface area contributed by atoms with Gasteiger partial charge in [0.15, 0.2) is 17.3 Å². The van der Waals surface area contributed by atoms with Crippen molar-refractivity contribution in [2.75, 3.05) is 13.7 Å². The number of hydrogen-bond acceptors (Lipinski definition) is 6. The number of rotatable bonds is 5. The maximum absolute atomic E-state index is 12.6. The molecule has 2 aromatic rings. The van der Waals surface area contributed by atoms with Gasteiger partial charge in [-0.05, 0) is 58.4 Å². The molecule has 1 aliphatic heterocycles. The molecule has 0 aliphatic carbocycles. The van der Waals surface area contributed by atoms with E-state index in [0.29, 0.717) is 15.6 Å². The summed E-state index contributed by atoms with van der Waals surface area (Å²) in [7, 11) is 1.41. The number of aromatic hydroxyl groups is 1. The number of nitrogens with zero attached hydrogens (tertiary/aromatic N) is 1. The summed E-state index contributed by atoms with van der Waals surface area (Å²) in [4.78, 5) is 38.4. The van der Waals surface area contributed by atoms with Crippen molar-refractivity contribution in [3.63, 3.8) is 0 Å². The van der Waals surface area contributed by atoms with E-state index in [-0.39, 0.29) is 28.7 Å². The zero-order valence-electron chi connectivity index (χ0n) is 15.1. The highest BCUT2D eigenvalue weighted by Gasteiger charge is 2.36. The van der Waals surface area contributed by atoms with Crippen LogP contribution in [0, 0.1) is 6.92 Å². The Morgan fingerprint density at radius 3 is 2.57 bits per heavy atom. The molecule has 0 unspecified atom stereocenters. The van der Waals surface area contributed by atoms with Gasteiger partial charge in [0.05, 0.1) is 23.0 Å². The first-order valence-electron chi connectivity index (χ1n) is 8.22. The Labute approximate surface area is 174 Å². The van der Waals surface area contributed by atoms with Crippen molar-refractivity contribution in [2.45, 2.75) is 6.92 Å². The third-order valence-electron chi connectivity index (χ3n) is 4.12. The number of amides is 2.